The first-order valence-electron chi connectivity index (χ1n) is 8.38. The molecule has 0 bridgehead atoms. The van der Waals surface area contributed by atoms with Gasteiger partial charge in [-0.05, 0) is 30.0 Å². The molecule has 2 aromatic rings. The van der Waals surface area contributed by atoms with Gasteiger partial charge in [0.25, 0.3) is 5.91 Å². The Morgan fingerprint density at radius 3 is 3.00 bits per heavy atom. The Kier molecular flexibility index (Phi) is 4.43. The molecule has 2 aliphatic rings. The summed E-state index contributed by atoms with van der Waals surface area (Å²) in [5.41, 5.74) is 0. The summed E-state index contributed by atoms with van der Waals surface area (Å²) in [5.74, 6) is 1.50. The van der Waals surface area contributed by atoms with Gasteiger partial charge in [0, 0.05) is 32.7 Å². The van der Waals surface area contributed by atoms with Crippen molar-refractivity contribution in [2.75, 3.05) is 26.7 Å². The summed E-state index contributed by atoms with van der Waals surface area (Å²) in [6.45, 7) is 3.38. The molecule has 0 aliphatic carbocycles. The molecular weight excluding hydrogens is 324 g/mol. The highest BCUT2D eigenvalue weighted by Crippen LogP contribution is 2.34. The van der Waals surface area contributed by atoms with E-state index in [9.17, 15) is 4.79 Å². The zero-order valence-corrected chi connectivity index (χ0v) is 14.6. The van der Waals surface area contributed by atoms with Crippen molar-refractivity contribution in [3.63, 3.8) is 0 Å². The van der Waals surface area contributed by atoms with Crippen molar-refractivity contribution in [1.82, 2.24) is 9.80 Å². The molecule has 24 heavy (non-hydrogen) atoms. The van der Waals surface area contributed by atoms with Gasteiger partial charge in [0.15, 0.2) is 0 Å². The third kappa shape index (κ3) is 2.90. The fourth-order valence-corrected chi connectivity index (χ4v) is 4.75. The Morgan fingerprint density at radius 1 is 1.38 bits per heavy atom. The van der Waals surface area contributed by atoms with Gasteiger partial charge in [0.05, 0.1) is 29.8 Å². The topological polar surface area (TPSA) is 45.9 Å². The minimum atomic E-state index is 0.161. The molecule has 2 aliphatic heterocycles. The number of methoxy groups -OCH3 is 1. The first kappa shape index (κ1) is 15.9. The zero-order chi connectivity index (χ0) is 16.5. The summed E-state index contributed by atoms with van der Waals surface area (Å²) in [6, 6.07) is 8.00. The first-order valence-corrected chi connectivity index (χ1v) is 9.26. The number of rotatable bonds is 4. The van der Waals surface area contributed by atoms with Crippen molar-refractivity contribution in [3.05, 3.63) is 46.5 Å². The van der Waals surface area contributed by atoms with Crippen LogP contribution >= 0.6 is 11.3 Å². The Balaban J connectivity index is 1.52. The maximum Gasteiger partial charge on any atom is 0.264 e. The van der Waals surface area contributed by atoms with E-state index in [0.717, 1.165) is 43.2 Å². The fourth-order valence-electron chi connectivity index (χ4n) is 4.07. The third-order valence-electron chi connectivity index (χ3n) is 5.20. The van der Waals surface area contributed by atoms with Crippen LogP contribution in [-0.2, 0) is 11.3 Å². The minimum absolute atomic E-state index is 0.161. The molecule has 6 heteroatoms. The molecule has 0 aromatic carbocycles. The van der Waals surface area contributed by atoms with Crippen LogP contribution in [0.3, 0.4) is 0 Å². The van der Waals surface area contributed by atoms with Gasteiger partial charge in [-0.25, -0.2) is 0 Å². The summed E-state index contributed by atoms with van der Waals surface area (Å²) in [5, 5.41) is 1.96. The monoisotopic (exact) mass is 346 g/mol. The number of likely N-dealkylation sites (tertiary alicyclic amines) is 2. The van der Waals surface area contributed by atoms with E-state index in [-0.39, 0.29) is 18.1 Å². The minimum Gasteiger partial charge on any atom is -0.468 e. The van der Waals surface area contributed by atoms with E-state index in [0.29, 0.717) is 5.92 Å². The molecule has 3 atom stereocenters. The smallest absolute Gasteiger partial charge is 0.264 e. The molecular formula is C18H22N2O3S. The molecule has 128 valence electrons. The lowest BCUT2D eigenvalue weighted by atomic mass is 9.89. The maximum atomic E-state index is 12.9. The van der Waals surface area contributed by atoms with Crippen molar-refractivity contribution < 1.29 is 13.9 Å². The van der Waals surface area contributed by atoms with Gasteiger partial charge >= 0.3 is 0 Å². The van der Waals surface area contributed by atoms with E-state index in [1.54, 1.807) is 13.4 Å². The van der Waals surface area contributed by atoms with Crippen LogP contribution in [0, 0.1) is 5.92 Å². The van der Waals surface area contributed by atoms with Gasteiger partial charge in [0.1, 0.15) is 5.76 Å². The van der Waals surface area contributed by atoms with Gasteiger partial charge in [0.2, 0.25) is 0 Å². The number of furan rings is 1. The van der Waals surface area contributed by atoms with Crippen LogP contribution < -0.4 is 0 Å². The van der Waals surface area contributed by atoms with Crippen molar-refractivity contribution in [3.8, 4) is 0 Å². The molecule has 4 heterocycles. The second kappa shape index (κ2) is 6.70. The molecule has 0 unspecified atom stereocenters. The van der Waals surface area contributed by atoms with Crippen molar-refractivity contribution in [2.45, 2.75) is 25.1 Å². The molecule has 4 rings (SSSR count). The van der Waals surface area contributed by atoms with E-state index in [1.807, 2.05) is 29.6 Å². The Bertz CT molecular complexity index is 671. The lowest BCUT2D eigenvalue weighted by Crippen LogP contribution is -2.53. The predicted octanol–water partition coefficient (Wildman–Crippen LogP) is 2.70. The van der Waals surface area contributed by atoms with E-state index in [1.165, 1.54) is 11.3 Å². The molecule has 2 fully saturated rings. The first-order chi connectivity index (χ1) is 11.8. The van der Waals surface area contributed by atoms with Crippen molar-refractivity contribution in [2.24, 2.45) is 5.92 Å². The average molecular weight is 346 g/mol. The van der Waals surface area contributed by atoms with Gasteiger partial charge in [-0.1, -0.05) is 6.07 Å². The number of fused-ring (bicyclic) bond motifs is 1. The lowest BCUT2D eigenvalue weighted by Gasteiger charge is -2.40. The number of thiophene rings is 1. The van der Waals surface area contributed by atoms with Crippen LogP contribution in [0.5, 0.6) is 0 Å². The highest BCUT2D eigenvalue weighted by Gasteiger charge is 2.46. The largest absolute Gasteiger partial charge is 0.468 e. The van der Waals surface area contributed by atoms with Gasteiger partial charge < -0.3 is 14.1 Å². The highest BCUT2D eigenvalue weighted by atomic mass is 32.1. The number of carbonyl (C=O) groups excluding carboxylic acids is 1. The highest BCUT2D eigenvalue weighted by molar-refractivity contribution is 7.12. The molecule has 0 radical (unpaired) electrons. The second-order valence-corrected chi connectivity index (χ2v) is 7.49. The van der Waals surface area contributed by atoms with Crippen LogP contribution in [-0.4, -0.2) is 54.6 Å². The van der Waals surface area contributed by atoms with E-state index >= 15 is 0 Å². The zero-order valence-electron chi connectivity index (χ0n) is 13.8. The molecule has 2 saturated heterocycles. The number of ether oxygens (including phenoxy) is 1. The Morgan fingerprint density at radius 2 is 2.29 bits per heavy atom. The summed E-state index contributed by atoms with van der Waals surface area (Å²) < 4.78 is 11.2. The Labute approximate surface area is 145 Å². The normalized spacial score (nSPS) is 27.4. The molecule has 0 N–H and O–H groups in total. The van der Waals surface area contributed by atoms with E-state index in [2.05, 4.69) is 9.80 Å². The standard InChI is InChI=1S/C18H22N2O3S/c1-22-16-6-7-20(18(21)17-5-3-9-24-17)15-12-19(11-14(15)16)10-13-4-2-8-23-13/h2-5,8-9,14-16H,6-7,10-12H2,1H3/t14-,15+,16-/m1/s1. The van der Waals surface area contributed by atoms with E-state index in [4.69, 9.17) is 9.15 Å². The SMILES string of the molecule is CO[C@@H]1CCN(C(=O)c2cccs2)[C@H]2CN(Cc3ccco3)C[C@@H]12. The molecule has 2 aromatic heterocycles. The summed E-state index contributed by atoms with van der Waals surface area (Å²) in [7, 11) is 1.79. The van der Waals surface area contributed by atoms with Crippen molar-refractivity contribution >= 4 is 17.2 Å². The molecule has 0 spiro atoms. The maximum absolute atomic E-state index is 12.9. The number of nitrogens with zero attached hydrogens (tertiary/aromatic N) is 2. The Hall–Kier alpha value is -1.63. The number of piperidine rings is 1. The second-order valence-electron chi connectivity index (χ2n) is 6.54. The summed E-state index contributed by atoms with van der Waals surface area (Å²) >= 11 is 1.52. The van der Waals surface area contributed by atoms with Crippen LogP contribution in [0.4, 0.5) is 0 Å². The summed E-state index contributed by atoms with van der Waals surface area (Å²) in [4.78, 5) is 18.1. The number of amides is 1. The van der Waals surface area contributed by atoms with Crippen LogP contribution in [0.1, 0.15) is 21.9 Å². The van der Waals surface area contributed by atoms with Crippen molar-refractivity contribution in [1.29, 1.82) is 0 Å². The average Bonchev–Trinajstić information content (AvgIpc) is 3.34. The van der Waals surface area contributed by atoms with Gasteiger partial charge in [-0.15, -0.1) is 11.3 Å². The molecule has 0 saturated carbocycles. The number of hydrogen-bond donors (Lipinski definition) is 0. The third-order valence-corrected chi connectivity index (χ3v) is 6.05. The number of hydrogen-bond acceptors (Lipinski definition) is 5. The quantitative estimate of drug-likeness (QED) is 0.854. The molecule has 1 amide bonds. The van der Waals surface area contributed by atoms with Crippen LogP contribution in [0.15, 0.2) is 40.3 Å². The van der Waals surface area contributed by atoms with E-state index < -0.39 is 0 Å². The predicted molar refractivity (Wildman–Crippen MR) is 92.0 cm³/mol. The molecule has 5 nitrogen and oxygen atoms in total. The fraction of sp³-hybridized carbons (Fsp3) is 0.500. The number of carbonyl (C=O) groups is 1. The van der Waals surface area contributed by atoms with Gasteiger partial charge in [-0.2, -0.15) is 0 Å². The van der Waals surface area contributed by atoms with Gasteiger partial charge in [-0.3, -0.25) is 9.69 Å². The lowest BCUT2D eigenvalue weighted by molar-refractivity contribution is -0.0155. The summed E-state index contributed by atoms with van der Waals surface area (Å²) in [6.07, 6.45) is 2.84. The van der Waals surface area contributed by atoms with Crippen LogP contribution in [0.2, 0.25) is 0 Å². The van der Waals surface area contributed by atoms with Crippen LogP contribution in [0.25, 0.3) is 0 Å².